The minimum atomic E-state index is -3.24. The summed E-state index contributed by atoms with van der Waals surface area (Å²) in [4.78, 5) is 0. The third kappa shape index (κ3) is 1.81. The first-order valence-electron chi connectivity index (χ1n) is 5.34. The Morgan fingerprint density at radius 3 is 2.81 bits per heavy atom. The fourth-order valence-corrected chi connectivity index (χ4v) is 3.79. The molecule has 1 saturated heterocycles. The molecule has 1 aliphatic heterocycles. The van der Waals surface area contributed by atoms with Crippen molar-refractivity contribution in [3.05, 3.63) is 29.8 Å². The lowest BCUT2D eigenvalue weighted by atomic mass is 10.2. The second-order valence-corrected chi connectivity index (χ2v) is 6.24. The van der Waals surface area contributed by atoms with Crippen LogP contribution >= 0.6 is 0 Å². The van der Waals surface area contributed by atoms with E-state index in [-0.39, 0.29) is 6.54 Å². The molecule has 4 nitrogen and oxygen atoms in total. The second kappa shape index (κ2) is 4.07. The van der Waals surface area contributed by atoms with Crippen molar-refractivity contribution >= 4 is 15.7 Å². The van der Waals surface area contributed by atoms with E-state index >= 15 is 0 Å². The van der Waals surface area contributed by atoms with Crippen molar-refractivity contribution in [3.63, 3.8) is 0 Å². The van der Waals surface area contributed by atoms with Gasteiger partial charge in [0, 0.05) is 13.1 Å². The van der Waals surface area contributed by atoms with Gasteiger partial charge < -0.3 is 5.73 Å². The zero-order chi connectivity index (χ0) is 11.8. The van der Waals surface area contributed by atoms with Crippen LogP contribution in [0.25, 0.3) is 0 Å². The van der Waals surface area contributed by atoms with Crippen LogP contribution in [0.15, 0.2) is 24.3 Å². The first kappa shape index (κ1) is 11.4. The van der Waals surface area contributed by atoms with Crippen LogP contribution in [-0.4, -0.2) is 26.8 Å². The molecule has 5 heteroatoms. The quantitative estimate of drug-likeness (QED) is 0.834. The monoisotopic (exact) mass is 240 g/mol. The van der Waals surface area contributed by atoms with Crippen molar-refractivity contribution in [1.82, 2.24) is 0 Å². The topological polar surface area (TPSA) is 63.4 Å². The summed E-state index contributed by atoms with van der Waals surface area (Å²) < 4.78 is 25.6. The molecule has 0 spiro atoms. The number of anilines is 1. The summed E-state index contributed by atoms with van der Waals surface area (Å²) in [6.45, 7) is 2.69. The first-order valence-corrected chi connectivity index (χ1v) is 6.84. The fraction of sp³-hybridized carbons (Fsp3) is 0.455. The molecule has 1 heterocycles. The van der Waals surface area contributed by atoms with E-state index in [1.54, 1.807) is 0 Å². The molecule has 16 heavy (non-hydrogen) atoms. The summed E-state index contributed by atoms with van der Waals surface area (Å²) in [5.74, 6) is 0. The zero-order valence-electron chi connectivity index (χ0n) is 9.26. The van der Waals surface area contributed by atoms with Crippen LogP contribution in [0.5, 0.6) is 0 Å². The van der Waals surface area contributed by atoms with E-state index in [9.17, 15) is 8.42 Å². The Bertz CT molecular complexity index is 485. The van der Waals surface area contributed by atoms with Gasteiger partial charge in [-0.3, -0.25) is 4.31 Å². The standard InChI is InChI=1S/C11H16N2O2S/c1-9-3-2-4-10(7-9)13-6-5-11(8-12)16(13,14)15/h2-4,7,11H,5-6,8,12H2,1H3. The van der Waals surface area contributed by atoms with E-state index in [4.69, 9.17) is 5.73 Å². The number of hydrogen-bond donors (Lipinski definition) is 1. The molecule has 0 bridgehead atoms. The van der Waals surface area contributed by atoms with Crippen LogP contribution in [-0.2, 0) is 10.0 Å². The first-order chi connectivity index (χ1) is 7.55. The van der Waals surface area contributed by atoms with Crippen molar-refractivity contribution in [1.29, 1.82) is 0 Å². The predicted molar refractivity (Wildman–Crippen MR) is 64.9 cm³/mol. The molecule has 1 unspecified atom stereocenters. The Hall–Kier alpha value is -1.07. The van der Waals surface area contributed by atoms with Gasteiger partial charge in [0.05, 0.1) is 10.9 Å². The average molecular weight is 240 g/mol. The molecule has 1 aliphatic rings. The molecule has 1 fully saturated rings. The van der Waals surface area contributed by atoms with Gasteiger partial charge in [-0.2, -0.15) is 0 Å². The molecule has 0 aromatic heterocycles. The summed E-state index contributed by atoms with van der Waals surface area (Å²) in [5.41, 5.74) is 7.28. The zero-order valence-corrected chi connectivity index (χ0v) is 10.1. The van der Waals surface area contributed by atoms with E-state index in [1.807, 2.05) is 31.2 Å². The van der Waals surface area contributed by atoms with E-state index in [0.717, 1.165) is 11.3 Å². The Balaban J connectivity index is 2.37. The molecule has 1 atom stereocenters. The largest absolute Gasteiger partial charge is 0.329 e. The molecule has 88 valence electrons. The van der Waals surface area contributed by atoms with Gasteiger partial charge in [0.25, 0.3) is 0 Å². The minimum absolute atomic E-state index is 0.199. The minimum Gasteiger partial charge on any atom is -0.329 e. The summed E-state index contributed by atoms with van der Waals surface area (Å²) in [6.07, 6.45) is 0.618. The van der Waals surface area contributed by atoms with Crippen LogP contribution in [0.4, 0.5) is 5.69 Å². The highest BCUT2D eigenvalue weighted by Gasteiger charge is 2.37. The maximum absolute atomic E-state index is 12.1. The average Bonchev–Trinajstić information content (AvgIpc) is 2.53. The third-order valence-electron chi connectivity index (χ3n) is 2.94. The summed E-state index contributed by atoms with van der Waals surface area (Å²) >= 11 is 0. The number of aryl methyl sites for hydroxylation is 1. The Kier molecular flexibility index (Phi) is 2.90. The van der Waals surface area contributed by atoms with E-state index in [1.165, 1.54) is 4.31 Å². The van der Waals surface area contributed by atoms with Crippen molar-refractivity contribution in [3.8, 4) is 0 Å². The van der Waals surface area contributed by atoms with Gasteiger partial charge in [-0.1, -0.05) is 12.1 Å². The predicted octanol–water partition coefficient (Wildman–Crippen LogP) is 0.862. The van der Waals surface area contributed by atoms with Crippen molar-refractivity contribution in [2.45, 2.75) is 18.6 Å². The van der Waals surface area contributed by atoms with E-state index < -0.39 is 15.3 Å². The van der Waals surface area contributed by atoms with Crippen LogP contribution < -0.4 is 10.0 Å². The molecular formula is C11H16N2O2S. The Morgan fingerprint density at radius 1 is 1.50 bits per heavy atom. The Labute approximate surface area is 96.1 Å². The highest BCUT2D eigenvalue weighted by atomic mass is 32.2. The number of rotatable bonds is 2. The van der Waals surface area contributed by atoms with E-state index in [0.29, 0.717) is 13.0 Å². The lowest BCUT2D eigenvalue weighted by molar-refractivity contribution is 0.588. The van der Waals surface area contributed by atoms with Crippen LogP contribution in [0, 0.1) is 6.92 Å². The maximum atomic E-state index is 12.1. The van der Waals surface area contributed by atoms with Crippen molar-refractivity contribution < 1.29 is 8.42 Å². The summed E-state index contributed by atoms with van der Waals surface area (Å²) in [5, 5.41) is -0.423. The van der Waals surface area contributed by atoms with Crippen molar-refractivity contribution in [2.24, 2.45) is 5.73 Å². The van der Waals surface area contributed by atoms with Crippen molar-refractivity contribution in [2.75, 3.05) is 17.4 Å². The smallest absolute Gasteiger partial charge is 0.239 e. The SMILES string of the molecule is Cc1cccc(N2CCC(CN)S2(=O)=O)c1. The normalized spacial score (nSPS) is 23.6. The molecule has 0 saturated carbocycles. The maximum Gasteiger partial charge on any atom is 0.239 e. The van der Waals surface area contributed by atoms with Gasteiger partial charge >= 0.3 is 0 Å². The lowest BCUT2D eigenvalue weighted by Crippen LogP contribution is -2.33. The number of nitrogens with two attached hydrogens (primary N) is 1. The van der Waals surface area contributed by atoms with Crippen LogP contribution in [0.3, 0.4) is 0 Å². The molecule has 2 rings (SSSR count). The summed E-state index contributed by atoms with van der Waals surface area (Å²) in [6, 6.07) is 7.53. The van der Waals surface area contributed by atoms with E-state index in [2.05, 4.69) is 0 Å². The fourth-order valence-electron chi connectivity index (χ4n) is 2.02. The number of nitrogens with zero attached hydrogens (tertiary/aromatic N) is 1. The molecule has 0 aliphatic carbocycles. The van der Waals surface area contributed by atoms with Crippen LogP contribution in [0.2, 0.25) is 0 Å². The van der Waals surface area contributed by atoms with Gasteiger partial charge in [-0.25, -0.2) is 8.42 Å². The van der Waals surface area contributed by atoms with Gasteiger partial charge in [-0.05, 0) is 31.0 Å². The Morgan fingerprint density at radius 2 is 2.25 bits per heavy atom. The second-order valence-electron chi connectivity index (χ2n) is 4.10. The molecular weight excluding hydrogens is 224 g/mol. The number of benzene rings is 1. The lowest BCUT2D eigenvalue weighted by Gasteiger charge is -2.18. The highest BCUT2D eigenvalue weighted by molar-refractivity contribution is 7.93. The molecule has 1 aromatic carbocycles. The van der Waals surface area contributed by atoms with Gasteiger partial charge in [0.2, 0.25) is 10.0 Å². The van der Waals surface area contributed by atoms with Gasteiger partial charge in [0.1, 0.15) is 0 Å². The highest BCUT2D eigenvalue weighted by Crippen LogP contribution is 2.28. The summed E-state index contributed by atoms with van der Waals surface area (Å²) in [7, 11) is -3.24. The number of hydrogen-bond acceptors (Lipinski definition) is 3. The molecule has 2 N–H and O–H groups in total. The number of sulfonamides is 1. The van der Waals surface area contributed by atoms with Crippen LogP contribution in [0.1, 0.15) is 12.0 Å². The van der Waals surface area contributed by atoms with Gasteiger partial charge in [-0.15, -0.1) is 0 Å². The molecule has 0 amide bonds. The molecule has 0 radical (unpaired) electrons. The third-order valence-corrected chi connectivity index (χ3v) is 5.21. The van der Waals surface area contributed by atoms with Gasteiger partial charge in [0.15, 0.2) is 0 Å². The molecule has 1 aromatic rings.